The minimum absolute atomic E-state index is 0.0595. The fraction of sp³-hybridized carbons (Fsp3) is 0.276. The Hall–Kier alpha value is -4.46. The first-order chi connectivity index (χ1) is 19.6. The van der Waals surface area contributed by atoms with Crippen LogP contribution < -0.4 is 16.0 Å². The molecular weight excluding hydrogens is 528 g/mol. The largest absolute Gasteiger partial charge is 0.381 e. The molecule has 1 amide bonds. The van der Waals surface area contributed by atoms with E-state index in [1.807, 2.05) is 36.4 Å². The maximum absolute atomic E-state index is 13.5. The zero-order valence-electron chi connectivity index (χ0n) is 21.8. The molecule has 10 nitrogen and oxygen atoms in total. The summed E-state index contributed by atoms with van der Waals surface area (Å²) in [7, 11) is 0. The van der Waals surface area contributed by atoms with Crippen LogP contribution in [0.1, 0.15) is 29.5 Å². The molecule has 1 saturated heterocycles. The first-order valence-corrected chi connectivity index (χ1v) is 13.4. The number of carbonyl (C=O) groups excluding carboxylic acids is 1. The Morgan fingerprint density at radius 3 is 2.65 bits per heavy atom. The molecule has 2 aromatic carbocycles. The van der Waals surface area contributed by atoms with Gasteiger partial charge in [-0.1, -0.05) is 35.9 Å². The number of benzene rings is 2. The number of nitrogens with zero attached hydrogens (tertiary/aromatic N) is 5. The lowest BCUT2D eigenvalue weighted by molar-refractivity contribution is -0.123. The van der Waals surface area contributed by atoms with Gasteiger partial charge in [0.1, 0.15) is 24.0 Å². The van der Waals surface area contributed by atoms with Crippen molar-refractivity contribution in [2.75, 3.05) is 23.8 Å². The summed E-state index contributed by atoms with van der Waals surface area (Å²) in [6, 6.07) is 18.1. The van der Waals surface area contributed by atoms with Gasteiger partial charge in [-0.15, -0.1) is 0 Å². The molecule has 2 aromatic heterocycles. The minimum Gasteiger partial charge on any atom is -0.381 e. The number of amides is 1. The molecule has 0 bridgehead atoms. The number of nitrogens with one attached hydrogen (secondary N) is 3. The molecular formula is C29H29ClN8O2. The number of imidazole rings is 1. The first-order valence-electron chi connectivity index (χ1n) is 13.0. The fourth-order valence-electron chi connectivity index (χ4n) is 4.54. The van der Waals surface area contributed by atoms with Crippen LogP contribution in [0.2, 0.25) is 5.02 Å². The van der Waals surface area contributed by atoms with E-state index < -0.39 is 6.04 Å². The molecule has 5 rings (SSSR count). The van der Waals surface area contributed by atoms with Gasteiger partial charge in [-0.05, 0) is 54.2 Å². The lowest BCUT2D eigenvalue weighted by atomic mass is 9.91. The molecule has 0 radical (unpaired) electrons. The van der Waals surface area contributed by atoms with Gasteiger partial charge in [0.05, 0.1) is 11.6 Å². The van der Waals surface area contributed by atoms with Crippen LogP contribution in [0.15, 0.2) is 73.3 Å². The van der Waals surface area contributed by atoms with E-state index >= 15 is 0 Å². The van der Waals surface area contributed by atoms with Gasteiger partial charge in [-0.3, -0.25) is 9.36 Å². The van der Waals surface area contributed by atoms with E-state index in [1.54, 1.807) is 41.5 Å². The molecule has 1 fully saturated rings. The van der Waals surface area contributed by atoms with Crippen molar-refractivity contribution in [3.8, 4) is 11.9 Å². The molecule has 0 spiro atoms. The molecule has 204 valence electrons. The molecule has 1 atom stereocenters. The molecule has 1 unspecified atom stereocenters. The summed E-state index contributed by atoms with van der Waals surface area (Å²) in [6.45, 7) is 2.02. The quantitative estimate of drug-likeness (QED) is 0.263. The lowest BCUT2D eigenvalue weighted by Crippen LogP contribution is -2.46. The maximum Gasteiger partial charge on any atom is 0.243 e. The standard InChI is InChI=1S/C29H29ClN8O2/c30-24-3-1-2-22(14-24)18-34-29-36-25(15-26(37-29)38-11-10-32-19-38)35-27(23-8-12-40-13-9-23)28(39)33-17-21-6-4-20(16-31)5-7-21/h1-7,10-11,14-15,19,23,27H,8-9,12-13,17-18H2,(H,33,39)(H2,34,35,36,37). The van der Waals surface area contributed by atoms with E-state index in [0.29, 0.717) is 54.5 Å². The number of halogens is 1. The topological polar surface area (TPSA) is 130 Å². The fourth-order valence-corrected chi connectivity index (χ4v) is 4.76. The van der Waals surface area contributed by atoms with E-state index in [-0.39, 0.29) is 11.8 Å². The predicted octanol–water partition coefficient (Wildman–Crippen LogP) is 4.32. The second kappa shape index (κ2) is 13.1. The van der Waals surface area contributed by atoms with Crippen LogP contribution >= 0.6 is 11.6 Å². The Morgan fingerprint density at radius 2 is 1.93 bits per heavy atom. The van der Waals surface area contributed by atoms with Crippen LogP contribution in [0, 0.1) is 17.2 Å². The second-order valence-electron chi connectivity index (χ2n) is 9.49. The average molecular weight is 557 g/mol. The Labute approximate surface area is 237 Å². The number of aromatic nitrogens is 4. The summed E-state index contributed by atoms with van der Waals surface area (Å²) in [5.74, 6) is 1.44. The summed E-state index contributed by atoms with van der Waals surface area (Å²) in [5, 5.41) is 19.4. The highest BCUT2D eigenvalue weighted by Crippen LogP contribution is 2.24. The molecule has 3 N–H and O–H groups in total. The number of anilines is 2. The molecule has 1 aliphatic rings. The summed E-state index contributed by atoms with van der Waals surface area (Å²) in [4.78, 5) is 27.0. The zero-order valence-corrected chi connectivity index (χ0v) is 22.5. The van der Waals surface area contributed by atoms with Gasteiger partial charge in [0.25, 0.3) is 0 Å². The van der Waals surface area contributed by atoms with Gasteiger partial charge >= 0.3 is 0 Å². The van der Waals surface area contributed by atoms with Gasteiger partial charge in [-0.2, -0.15) is 15.2 Å². The van der Waals surface area contributed by atoms with Crippen LogP contribution in [0.4, 0.5) is 11.8 Å². The number of hydrogen-bond donors (Lipinski definition) is 3. The number of nitriles is 1. The number of hydrogen-bond acceptors (Lipinski definition) is 8. The number of ether oxygens (including phenoxy) is 1. The van der Waals surface area contributed by atoms with Crippen LogP contribution in [-0.4, -0.2) is 44.7 Å². The summed E-state index contributed by atoms with van der Waals surface area (Å²) in [5.41, 5.74) is 2.48. The smallest absolute Gasteiger partial charge is 0.243 e. The van der Waals surface area contributed by atoms with Gasteiger partial charge in [0.15, 0.2) is 0 Å². The third kappa shape index (κ3) is 7.14. The monoisotopic (exact) mass is 556 g/mol. The van der Waals surface area contributed by atoms with Crippen molar-refractivity contribution >= 4 is 29.3 Å². The highest BCUT2D eigenvalue weighted by Gasteiger charge is 2.30. The van der Waals surface area contributed by atoms with Crippen LogP contribution in [-0.2, 0) is 22.6 Å². The van der Waals surface area contributed by atoms with Gasteiger partial charge in [-0.25, -0.2) is 4.98 Å². The summed E-state index contributed by atoms with van der Waals surface area (Å²) >= 11 is 6.14. The second-order valence-corrected chi connectivity index (χ2v) is 9.92. The number of rotatable bonds is 10. The molecule has 0 aliphatic carbocycles. The van der Waals surface area contributed by atoms with E-state index in [0.717, 1.165) is 24.0 Å². The normalized spacial score (nSPS) is 14.2. The molecule has 1 aliphatic heterocycles. The molecule has 40 heavy (non-hydrogen) atoms. The van der Waals surface area contributed by atoms with E-state index in [4.69, 9.17) is 26.6 Å². The first kappa shape index (κ1) is 27.1. The highest BCUT2D eigenvalue weighted by atomic mass is 35.5. The van der Waals surface area contributed by atoms with Crippen molar-refractivity contribution in [3.05, 3.63) is 95.0 Å². The van der Waals surface area contributed by atoms with Gasteiger partial charge < -0.3 is 20.7 Å². The molecule has 4 aromatic rings. The third-order valence-electron chi connectivity index (χ3n) is 6.69. The highest BCUT2D eigenvalue weighted by molar-refractivity contribution is 6.30. The Morgan fingerprint density at radius 1 is 1.10 bits per heavy atom. The number of carbonyl (C=O) groups is 1. The predicted molar refractivity (Wildman–Crippen MR) is 152 cm³/mol. The van der Waals surface area contributed by atoms with E-state index in [9.17, 15) is 4.79 Å². The van der Waals surface area contributed by atoms with Crippen LogP contribution in [0.3, 0.4) is 0 Å². The Kier molecular flexibility index (Phi) is 8.86. The van der Waals surface area contributed by atoms with Crippen LogP contribution in [0.25, 0.3) is 5.82 Å². The third-order valence-corrected chi connectivity index (χ3v) is 6.93. The van der Waals surface area contributed by atoms with Gasteiger partial charge in [0.2, 0.25) is 11.9 Å². The lowest BCUT2D eigenvalue weighted by Gasteiger charge is -2.30. The zero-order chi connectivity index (χ0) is 27.7. The van der Waals surface area contributed by atoms with Crippen molar-refractivity contribution in [2.45, 2.75) is 32.0 Å². The van der Waals surface area contributed by atoms with Crippen molar-refractivity contribution in [1.82, 2.24) is 24.8 Å². The van der Waals surface area contributed by atoms with E-state index in [1.165, 1.54) is 0 Å². The summed E-state index contributed by atoms with van der Waals surface area (Å²) in [6.07, 6.45) is 6.64. The Balaban J connectivity index is 1.37. The van der Waals surface area contributed by atoms with Gasteiger partial charge in [0, 0.05) is 49.8 Å². The van der Waals surface area contributed by atoms with E-state index in [2.05, 4.69) is 32.0 Å². The molecule has 11 heteroatoms. The Bertz CT molecular complexity index is 1460. The minimum atomic E-state index is -0.534. The average Bonchev–Trinajstić information content (AvgIpc) is 3.54. The molecule has 0 saturated carbocycles. The summed E-state index contributed by atoms with van der Waals surface area (Å²) < 4.78 is 7.34. The SMILES string of the molecule is N#Cc1ccc(CNC(=O)C(Nc2cc(-n3ccnc3)nc(NCc3cccc(Cl)c3)n2)C2CCOCC2)cc1. The van der Waals surface area contributed by atoms with Crippen molar-refractivity contribution in [3.63, 3.8) is 0 Å². The molecule has 3 heterocycles. The van der Waals surface area contributed by atoms with Crippen molar-refractivity contribution in [2.24, 2.45) is 5.92 Å². The van der Waals surface area contributed by atoms with Crippen molar-refractivity contribution < 1.29 is 9.53 Å². The van der Waals surface area contributed by atoms with Crippen molar-refractivity contribution in [1.29, 1.82) is 5.26 Å². The van der Waals surface area contributed by atoms with Crippen LogP contribution in [0.5, 0.6) is 0 Å². The maximum atomic E-state index is 13.5.